The third-order valence-corrected chi connectivity index (χ3v) is 3.86. The van der Waals surface area contributed by atoms with Gasteiger partial charge in [-0.15, -0.1) is 0 Å². The molecule has 0 bridgehead atoms. The second-order valence-corrected chi connectivity index (χ2v) is 5.27. The van der Waals surface area contributed by atoms with Gasteiger partial charge in [-0.05, 0) is 46.0 Å². The first-order valence-corrected chi connectivity index (χ1v) is 7.48. The van der Waals surface area contributed by atoms with Crippen molar-refractivity contribution < 1.29 is 9.53 Å². The Morgan fingerprint density at radius 3 is 2.18 bits per heavy atom. The molecule has 0 saturated heterocycles. The molecule has 0 heterocycles. The quantitative estimate of drug-likeness (QED) is 0.296. The largest absolute Gasteiger partial charge is 0.463 e. The first kappa shape index (κ1) is 14.3. The summed E-state index contributed by atoms with van der Waals surface area (Å²) in [5.74, 6) is -0.359. The van der Waals surface area contributed by atoms with Gasteiger partial charge in [0.25, 0.3) is 0 Å². The van der Waals surface area contributed by atoms with E-state index in [-0.39, 0.29) is 5.97 Å². The zero-order chi connectivity index (χ0) is 15.4. The molecule has 0 aliphatic heterocycles. The number of aryl methyl sites for hydroxylation is 1. The van der Waals surface area contributed by atoms with E-state index < -0.39 is 0 Å². The van der Waals surface area contributed by atoms with Crippen LogP contribution in [0.2, 0.25) is 0 Å². The van der Waals surface area contributed by atoms with Crippen molar-refractivity contribution in [3.8, 4) is 0 Å². The number of carbonyl (C=O) groups excluding carboxylic acids is 1. The number of fused-ring (bicyclic) bond motifs is 2. The predicted octanol–water partition coefficient (Wildman–Crippen LogP) is 4.65. The van der Waals surface area contributed by atoms with Crippen molar-refractivity contribution in [3.05, 3.63) is 72.8 Å². The average molecular weight is 290 g/mol. The van der Waals surface area contributed by atoms with E-state index in [1.165, 1.54) is 33.2 Å². The molecule has 0 atom stereocenters. The van der Waals surface area contributed by atoms with Gasteiger partial charge in [-0.2, -0.15) is 0 Å². The van der Waals surface area contributed by atoms with Crippen LogP contribution < -0.4 is 0 Å². The van der Waals surface area contributed by atoms with Crippen LogP contribution in [0.25, 0.3) is 21.5 Å². The number of hydrogen-bond acceptors (Lipinski definition) is 2. The van der Waals surface area contributed by atoms with Crippen molar-refractivity contribution in [2.45, 2.75) is 12.8 Å². The molecular weight excluding hydrogens is 272 g/mol. The van der Waals surface area contributed by atoms with Crippen LogP contribution in [0.3, 0.4) is 0 Å². The minimum Gasteiger partial charge on any atom is -0.463 e. The molecular formula is C20H18O2. The summed E-state index contributed by atoms with van der Waals surface area (Å²) >= 11 is 0. The molecule has 0 aliphatic rings. The molecule has 3 rings (SSSR count). The van der Waals surface area contributed by atoms with Crippen molar-refractivity contribution in [1.29, 1.82) is 0 Å². The molecule has 3 aromatic rings. The number of esters is 1. The van der Waals surface area contributed by atoms with E-state index in [1.807, 2.05) is 0 Å². The summed E-state index contributed by atoms with van der Waals surface area (Å²) in [5, 5.41) is 5.05. The Hall–Kier alpha value is -2.61. The predicted molar refractivity (Wildman–Crippen MR) is 90.9 cm³/mol. The minimum absolute atomic E-state index is 0.359. The Kier molecular flexibility index (Phi) is 4.19. The number of hydrogen-bond donors (Lipinski definition) is 0. The lowest BCUT2D eigenvalue weighted by atomic mass is 9.94. The fourth-order valence-electron chi connectivity index (χ4n) is 2.86. The molecule has 0 amide bonds. The minimum atomic E-state index is -0.359. The second-order valence-electron chi connectivity index (χ2n) is 5.27. The molecule has 0 unspecified atom stereocenters. The summed E-state index contributed by atoms with van der Waals surface area (Å²) < 4.78 is 5.08. The summed E-state index contributed by atoms with van der Waals surface area (Å²) in [6.45, 7) is 3.82. The number of benzene rings is 3. The standard InChI is InChI=1S/C20H18O2/c1-2-20(21)22-13-7-12-19-17-10-5-3-8-15(17)14-16-9-4-6-11-18(16)19/h2-6,8-11,14H,1,7,12-13H2. The second kappa shape index (κ2) is 6.44. The van der Waals surface area contributed by atoms with Gasteiger partial charge in [0.15, 0.2) is 0 Å². The van der Waals surface area contributed by atoms with Gasteiger partial charge >= 0.3 is 5.97 Å². The number of carbonyl (C=O) groups is 1. The number of rotatable bonds is 5. The fourth-order valence-corrected chi connectivity index (χ4v) is 2.86. The Morgan fingerprint density at radius 2 is 1.59 bits per heavy atom. The van der Waals surface area contributed by atoms with Crippen molar-refractivity contribution in [2.24, 2.45) is 0 Å². The molecule has 2 nitrogen and oxygen atoms in total. The summed E-state index contributed by atoms with van der Waals surface area (Å²) in [6, 6.07) is 19.1. The Bertz CT molecular complexity index is 779. The van der Waals surface area contributed by atoms with E-state index in [1.54, 1.807) is 0 Å². The normalized spacial score (nSPS) is 10.7. The van der Waals surface area contributed by atoms with Gasteiger partial charge in [-0.3, -0.25) is 0 Å². The highest BCUT2D eigenvalue weighted by molar-refractivity contribution is 6.02. The molecule has 2 heteroatoms. The van der Waals surface area contributed by atoms with Crippen LogP contribution in [0.5, 0.6) is 0 Å². The van der Waals surface area contributed by atoms with E-state index >= 15 is 0 Å². The average Bonchev–Trinajstić information content (AvgIpc) is 2.57. The SMILES string of the molecule is C=CC(=O)OCCCc1c2ccccc2cc2ccccc12. The van der Waals surface area contributed by atoms with Crippen LogP contribution in [0.4, 0.5) is 0 Å². The van der Waals surface area contributed by atoms with E-state index in [4.69, 9.17) is 4.74 Å². The molecule has 0 radical (unpaired) electrons. The van der Waals surface area contributed by atoms with Crippen LogP contribution in [-0.4, -0.2) is 12.6 Å². The molecule has 3 aromatic carbocycles. The van der Waals surface area contributed by atoms with E-state index in [0.717, 1.165) is 12.8 Å². The summed E-state index contributed by atoms with van der Waals surface area (Å²) in [4.78, 5) is 11.1. The molecule has 0 saturated carbocycles. The molecule has 110 valence electrons. The van der Waals surface area contributed by atoms with Crippen molar-refractivity contribution in [2.75, 3.05) is 6.61 Å². The monoisotopic (exact) mass is 290 g/mol. The highest BCUT2D eigenvalue weighted by Gasteiger charge is 2.07. The van der Waals surface area contributed by atoms with Gasteiger partial charge < -0.3 is 4.74 Å². The third-order valence-electron chi connectivity index (χ3n) is 3.86. The molecule has 22 heavy (non-hydrogen) atoms. The topological polar surface area (TPSA) is 26.3 Å². The maximum atomic E-state index is 11.1. The van der Waals surface area contributed by atoms with E-state index in [0.29, 0.717) is 6.61 Å². The van der Waals surface area contributed by atoms with Gasteiger partial charge in [-0.1, -0.05) is 55.1 Å². The van der Waals surface area contributed by atoms with Crippen LogP contribution in [0, 0.1) is 0 Å². The fraction of sp³-hybridized carbons (Fsp3) is 0.150. The van der Waals surface area contributed by atoms with Crippen molar-refractivity contribution in [1.82, 2.24) is 0 Å². The zero-order valence-corrected chi connectivity index (χ0v) is 12.4. The first-order valence-electron chi connectivity index (χ1n) is 7.48. The van der Waals surface area contributed by atoms with Gasteiger partial charge in [-0.25, -0.2) is 4.79 Å². The lowest BCUT2D eigenvalue weighted by Crippen LogP contribution is -2.03. The Labute approximate surface area is 130 Å². The van der Waals surface area contributed by atoms with Crippen molar-refractivity contribution in [3.63, 3.8) is 0 Å². The summed E-state index contributed by atoms with van der Waals surface area (Å²) in [5.41, 5.74) is 1.32. The van der Waals surface area contributed by atoms with Crippen molar-refractivity contribution >= 4 is 27.5 Å². The highest BCUT2D eigenvalue weighted by atomic mass is 16.5. The van der Waals surface area contributed by atoms with Crippen LogP contribution in [-0.2, 0) is 16.0 Å². The molecule has 0 fully saturated rings. The molecule has 0 aromatic heterocycles. The van der Waals surface area contributed by atoms with Gasteiger partial charge in [0.1, 0.15) is 0 Å². The maximum Gasteiger partial charge on any atom is 0.330 e. The lowest BCUT2D eigenvalue weighted by Gasteiger charge is -2.11. The zero-order valence-electron chi connectivity index (χ0n) is 12.4. The Balaban J connectivity index is 1.94. The molecule has 0 aliphatic carbocycles. The van der Waals surface area contributed by atoms with Crippen LogP contribution >= 0.6 is 0 Å². The van der Waals surface area contributed by atoms with Gasteiger partial charge in [0.05, 0.1) is 6.61 Å². The first-order chi connectivity index (χ1) is 10.8. The summed E-state index contributed by atoms with van der Waals surface area (Å²) in [6.07, 6.45) is 2.89. The lowest BCUT2D eigenvalue weighted by molar-refractivity contribution is -0.137. The smallest absolute Gasteiger partial charge is 0.330 e. The Morgan fingerprint density at radius 1 is 1.00 bits per heavy atom. The summed E-state index contributed by atoms with van der Waals surface area (Å²) in [7, 11) is 0. The number of ether oxygens (including phenoxy) is 1. The highest BCUT2D eigenvalue weighted by Crippen LogP contribution is 2.29. The van der Waals surface area contributed by atoms with E-state index in [9.17, 15) is 4.79 Å². The third kappa shape index (κ3) is 2.86. The van der Waals surface area contributed by atoms with Crippen LogP contribution in [0.15, 0.2) is 67.3 Å². The molecule has 0 spiro atoms. The van der Waals surface area contributed by atoms with Gasteiger partial charge in [0.2, 0.25) is 0 Å². The maximum absolute atomic E-state index is 11.1. The van der Waals surface area contributed by atoms with E-state index in [2.05, 4.69) is 61.2 Å². The molecule has 0 N–H and O–H groups in total. The van der Waals surface area contributed by atoms with Gasteiger partial charge in [0, 0.05) is 6.08 Å². The van der Waals surface area contributed by atoms with Crippen LogP contribution in [0.1, 0.15) is 12.0 Å².